The van der Waals surface area contributed by atoms with Crippen LogP contribution in [0.15, 0.2) is 133 Å². The van der Waals surface area contributed by atoms with Gasteiger partial charge in [-0.2, -0.15) is 18.4 Å². The summed E-state index contributed by atoms with van der Waals surface area (Å²) in [4.78, 5) is 25.9. The fraction of sp³-hybridized carbons (Fsp3) is 0.100. The summed E-state index contributed by atoms with van der Waals surface area (Å²) in [6.07, 6.45) is -1.34. The number of hydrogen-bond acceptors (Lipinski definition) is 5. The highest BCUT2D eigenvalue weighted by Gasteiger charge is 2.46. The number of amides is 1. The summed E-state index contributed by atoms with van der Waals surface area (Å²) in [6, 6.07) is 39.7. The molecule has 0 aliphatic carbocycles. The zero-order valence-electron chi connectivity index (χ0n) is 28.6. The number of benzene rings is 5. The lowest BCUT2D eigenvalue weighted by Crippen LogP contribution is -2.58. The Morgan fingerprint density at radius 2 is 1.42 bits per heavy atom. The molecule has 0 unspecified atom stereocenters. The number of alkyl halides is 3. The molecule has 0 aliphatic heterocycles. The topological polar surface area (TPSA) is 119 Å². The first-order valence-electron chi connectivity index (χ1n) is 16.1. The molecule has 0 saturated carbocycles. The largest absolute Gasteiger partial charge is 0.490 e. The van der Waals surface area contributed by atoms with Crippen molar-refractivity contribution in [2.45, 2.75) is 23.4 Å². The highest BCUT2D eigenvalue weighted by molar-refractivity contribution is 7.98. The highest BCUT2D eigenvalue weighted by atomic mass is 35.5. The molecule has 0 bridgehead atoms. The highest BCUT2D eigenvalue weighted by Crippen LogP contribution is 2.38. The van der Waals surface area contributed by atoms with Crippen LogP contribution in [0.1, 0.15) is 38.3 Å². The van der Waals surface area contributed by atoms with Crippen LogP contribution in [0.5, 0.6) is 11.5 Å². The number of rotatable bonds is 10. The van der Waals surface area contributed by atoms with Crippen LogP contribution in [0.25, 0.3) is 0 Å². The molecule has 280 valence electrons. The van der Waals surface area contributed by atoms with Gasteiger partial charge in [-0.1, -0.05) is 120 Å². The van der Waals surface area contributed by atoms with E-state index in [-0.39, 0.29) is 39.2 Å². The SMILES string of the molecule is CSc1[nH]c(C(=O)NCc2ccc(Cl)c(Oc3cc(Cl)cc(C#N)c3)c2F)c[n+]1C(c1ccccc1)(c1ccccc1)c1ccccc1.O=C(O)C(F)(F)F. The molecule has 6 aromatic rings. The molecule has 1 aromatic heterocycles. The van der Waals surface area contributed by atoms with Gasteiger partial charge < -0.3 is 15.2 Å². The van der Waals surface area contributed by atoms with Gasteiger partial charge in [0.05, 0.1) is 16.7 Å². The van der Waals surface area contributed by atoms with Crippen molar-refractivity contribution in [2.24, 2.45) is 0 Å². The van der Waals surface area contributed by atoms with Crippen LogP contribution in [-0.4, -0.2) is 34.4 Å². The fourth-order valence-electron chi connectivity index (χ4n) is 5.74. The standard InChI is InChI=1S/C38H27Cl2FN4O2S.C2HF3O2/c1-48-37-44-33(36(46)43-23-26-17-18-32(40)35(34(26)41)47-31-20-25(22-42)19-30(39)21-31)24-45(37)38(27-11-5-2-6-12-27,28-13-7-3-8-14-28)29-15-9-4-10-16-29;3-2(4,5)1(6)7/h2-21,24H,23H2,1H3,(H,43,46);(H,6,7)/p+1. The normalized spacial score (nSPS) is 11.2. The quantitative estimate of drug-likeness (QED) is 0.0549. The van der Waals surface area contributed by atoms with Gasteiger partial charge in [-0.3, -0.25) is 4.79 Å². The molecule has 0 spiro atoms. The number of imidazole rings is 1. The van der Waals surface area contributed by atoms with Gasteiger partial charge in [-0.15, -0.1) is 0 Å². The summed E-state index contributed by atoms with van der Waals surface area (Å²) >= 11 is 13.9. The minimum atomic E-state index is -5.08. The Morgan fingerprint density at radius 3 is 1.89 bits per heavy atom. The second kappa shape index (κ2) is 17.6. The number of thioether (sulfide) groups is 1. The number of hydrogen-bond donors (Lipinski definition) is 3. The van der Waals surface area contributed by atoms with E-state index in [2.05, 4.69) is 51.3 Å². The zero-order valence-corrected chi connectivity index (χ0v) is 30.9. The third-order valence-electron chi connectivity index (χ3n) is 8.12. The maximum Gasteiger partial charge on any atom is 0.490 e. The molecule has 0 aliphatic rings. The molecule has 0 radical (unpaired) electrons. The molecule has 3 N–H and O–H groups in total. The Kier molecular flexibility index (Phi) is 12.9. The lowest BCUT2D eigenvalue weighted by Gasteiger charge is -2.33. The first-order valence-corrected chi connectivity index (χ1v) is 18.1. The van der Waals surface area contributed by atoms with Crippen molar-refractivity contribution in [1.29, 1.82) is 5.26 Å². The van der Waals surface area contributed by atoms with Gasteiger partial charge in [0.1, 0.15) is 11.9 Å². The van der Waals surface area contributed by atoms with Crippen LogP contribution in [0, 0.1) is 17.1 Å². The minimum absolute atomic E-state index is 0.0233. The van der Waals surface area contributed by atoms with Crippen molar-refractivity contribution >= 4 is 46.8 Å². The summed E-state index contributed by atoms with van der Waals surface area (Å²) in [5.41, 5.74) is 2.88. The lowest BCUT2D eigenvalue weighted by molar-refractivity contribution is -0.767. The van der Waals surface area contributed by atoms with E-state index in [1.165, 1.54) is 42.1 Å². The number of nitriles is 1. The van der Waals surface area contributed by atoms with Crippen molar-refractivity contribution in [3.05, 3.63) is 177 Å². The number of carbonyl (C=O) groups is 2. The molecule has 0 saturated heterocycles. The molecule has 6 rings (SSSR count). The second-order valence-electron chi connectivity index (χ2n) is 11.6. The summed E-state index contributed by atoms with van der Waals surface area (Å²) in [5.74, 6) is -4.02. The van der Waals surface area contributed by atoms with E-state index in [1.807, 2.05) is 66.9 Å². The fourth-order valence-corrected chi connectivity index (χ4v) is 6.75. The summed E-state index contributed by atoms with van der Waals surface area (Å²) in [5, 5.41) is 20.2. The van der Waals surface area contributed by atoms with Crippen molar-refractivity contribution in [3.63, 3.8) is 0 Å². The third kappa shape index (κ3) is 9.12. The first-order chi connectivity index (χ1) is 26.3. The lowest BCUT2D eigenvalue weighted by atomic mass is 9.77. The van der Waals surface area contributed by atoms with Crippen LogP contribution in [0.2, 0.25) is 10.0 Å². The maximum absolute atomic E-state index is 15.7. The molecule has 1 heterocycles. The molecule has 0 fully saturated rings. The Bertz CT molecular complexity index is 2240. The van der Waals surface area contributed by atoms with E-state index in [0.717, 1.165) is 21.8 Å². The Balaban J connectivity index is 0.000000757. The van der Waals surface area contributed by atoms with Crippen LogP contribution in [-0.2, 0) is 16.9 Å². The second-order valence-corrected chi connectivity index (χ2v) is 13.2. The minimum Gasteiger partial charge on any atom is -0.475 e. The molecular formula is C40H29Cl2F4N4O4S+. The van der Waals surface area contributed by atoms with E-state index in [1.54, 1.807) is 6.20 Å². The number of aromatic nitrogens is 2. The summed E-state index contributed by atoms with van der Waals surface area (Å²) < 4.78 is 55.3. The van der Waals surface area contributed by atoms with Crippen molar-refractivity contribution in [3.8, 4) is 17.6 Å². The molecule has 8 nitrogen and oxygen atoms in total. The van der Waals surface area contributed by atoms with Crippen molar-refractivity contribution in [1.82, 2.24) is 10.3 Å². The number of aromatic amines is 1. The number of nitrogens with zero attached hydrogens (tertiary/aromatic N) is 2. The van der Waals surface area contributed by atoms with Crippen LogP contribution in [0.3, 0.4) is 0 Å². The van der Waals surface area contributed by atoms with Gasteiger partial charge >= 0.3 is 17.3 Å². The maximum atomic E-state index is 15.7. The average molecular weight is 809 g/mol. The predicted octanol–water partition coefficient (Wildman–Crippen LogP) is 9.54. The smallest absolute Gasteiger partial charge is 0.475 e. The Labute approximate surface area is 326 Å². The van der Waals surface area contributed by atoms with Gasteiger partial charge in [-0.05, 0) is 42.3 Å². The number of carboxylic acids is 1. The van der Waals surface area contributed by atoms with Gasteiger partial charge in [0.15, 0.2) is 17.1 Å². The van der Waals surface area contributed by atoms with E-state index < -0.39 is 29.4 Å². The monoisotopic (exact) mass is 807 g/mol. The first kappa shape index (κ1) is 40.4. The van der Waals surface area contributed by atoms with Gasteiger partial charge in [-0.25, -0.2) is 18.7 Å². The van der Waals surface area contributed by atoms with Crippen LogP contribution in [0.4, 0.5) is 17.6 Å². The van der Waals surface area contributed by atoms with E-state index >= 15 is 4.39 Å². The summed E-state index contributed by atoms with van der Waals surface area (Å²) in [7, 11) is 0. The van der Waals surface area contributed by atoms with Crippen molar-refractivity contribution < 1.29 is 41.6 Å². The van der Waals surface area contributed by atoms with Crippen LogP contribution >= 0.6 is 35.0 Å². The Hall–Kier alpha value is -5.81. The number of ether oxygens (including phenoxy) is 1. The van der Waals surface area contributed by atoms with Crippen LogP contribution < -0.4 is 14.6 Å². The zero-order chi connectivity index (χ0) is 39.8. The molecule has 0 atom stereocenters. The van der Waals surface area contributed by atoms with E-state index in [4.69, 9.17) is 37.8 Å². The number of halogens is 6. The Morgan fingerprint density at radius 1 is 0.891 bits per heavy atom. The molecule has 1 amide bonds. The number of carbonyl (C=O) groups excluding carboxylic acids is 1. The molecule has 5 aromatic carbocycles. The number of aliphatic carboxylic acids is 1. The predicted molar refractivity (Wildman–Crippen MR) is 200 cm³/mol. The van der Waals surface area contributed by atoms with Gasteiger partial charge in [0, 0.05) is 33.8 Å². The molecule has 55 heavy (non-hydrogen) atoms. The number of H-pyrrole nitrogens is 1. The third-order valence-corrected chi connectivity index (χ3v) is 9.33. The summed E-state index contributed by atoms with van der Waals surface area (Å²) in [6.45, 7) is -0.147. The average Bonchev–Trinajstić information content (AvgIpc) is 3.62. The van der Waals surface area contributed by atoms with E-state index in [0.29, 0.717) is 5.69 Å². The number of nitrogens with one attached hydrogen (secondary N) is 2. The van der Waals surface area contributed by atoms with Gasteiger partial charge in [0.25, 0.3) is 5.91 Å². The molecular weight excluding hydrogens is 779 g/mol. The van der Waals surface area contributed by atoms with Crippen molar-refractivity contribution in [2.75, 3.05) is 6.26 Å². The van der Waals surface area contributed by atoms with Gasteiger partial charge in [0.2, 0.25) is 5.69 Å². The number of carboxylic acid groups (broad SMARTS) is 1. The molecule has 15 heteroatoms. The van der Waals surface area contributed by atoms with E-state index in [9.17, 15) is 23.2 Å².